The van der Waals surface area contributed by atoms with Crippen LogP contribution in [0.25, 0.3) is 16.9 Å². The second-order valence-electron chi connectivity index (χ2n) is 7.27. The van der Waals surface area contributed by atoms with Crippen molar-refractivity contribution in [3.8, 4) is 11.3 Å². The molecule has 1 aliphatic rings. The summed E-state index contributed by atoms with van der Waals surface area (Å²) in [6, 6.07) is 10.00. The van der Waals surface area contributed by atoms with E-state index >= 15 is 0 Å². The summed E-state index contributed by atoms with van der Waals surface area (Å²) in [5.74, 6) is 0.269. The zero-order chi connectivity index (χ0) is 21.5. The van der Waals surface area contributed by atoms with E-state index in [1.54, 1.807) is 4.52 Å². The minimum absolute atomic E-state index is 0.113. The number of halogens is 1. The van der Waals surface area contributed by atoms with E-state index in [-0.39, 0.29) is 24.0 Å². The Hall–Kier alpha value is -2.45. The lowest BCUT2D eigenvalue weighted by Gasteiger charge is -2.07. The highest BCUT2D eigenvalue weighted by Crippen LogP contribution is 2.28. The fourth-order valence-corrected chi connectivity index (χ4v) is 3.57. The molecule has 0 bridgehead atoms. The van der Waals surface area contributed by atoms with E-state index in [1.165, 1.54) is 6.20 Å². The van der Waals surface area contributed by atoms with Gasteiger partial charge < -0.3 is 10.1 Å². The Morgan fingerprint density at radius 3 is 2.83 bits per heavy atom. The van der Waals surface area contributed by atoms with Crippen molar-refractivity contribution in [2.75, 3.05) is 19.8 Å². The van der Waals surface area contributed by atoms with Gasteiger partial charge in [-0.05, 0) is 38.3 Å². The summed E-state index contributed by atoms with van der Waals surface area (Å²) in [5.41, 5.74) is 4.55. The van der Waals surface area contributed by atoms with Gasteiger partial charge in [-0.3, -0.25) is 4.79 Å². The SMILES string of the molecule is CCCNC(=O)C1CCOC1.Cc1ccccc1-c1cc(C)n2ncc(SF)c2n1. The molecular formula is C22H27FN4O2S. The van der Waals surface area contributed by atoms with Crippen LogP contribution in [0, 0.1) is 19.8 Å². The first kappa shape index (κ1) is 22.2. The Labute approximate surface area is 180 Å². The van der Waals surface area contributed by atoms with Gasteiger partial charge in [0.05, 0.1) is 36.6 Å². The van der Waals surface area contributed by atoms with Crippen molar-refractivity contribution >= 4 is 23.7 Å². The maximum Gasteiger partial charge on any atom is 0.225 e. The van der Waals surface area contributed by atoms with Crippen LogP contribution in [0.4, 0.5) is 3.89 Å². The molecule has 0 aliphatic carbocycles. The molecule has 1 aromatic carbocycles. The zero-order valence-electron chi connectivity index (χ0n) is 17.5. The highest BCUT2D eigenvalue weighted by atomic mass is 32.2. The third-order valence-electron chi connectivity index (χ3n) is 4.97. The maximum atomic E-state index is 12.9. The molecule has 0 saturated carbocycles. The van der Waals surface area contributed by atoms with E-state index in [0.29, 0.717) is 17.1 Å². The number of ether oxygens (including phenoxy) is 1. The number of carbonyl (C=O) groups is 1. The molecule has 0 radical (unpaired) electrons. The van der Waals surface area contributed by atoms with E-state index in [9.17, 15) is 8.68 Å². The molecule has 8 heteroatoms. The Balaban J connectivity index is 0.000000199. The van der Waals surface area contributed by atoms with Gasteiger partial charge in [-0.1, -0.05) is 31.2 Å². The predicted octanol–water partition coefficient (Wildman–Crippen LogP) is 4.54. The summed E-state index contributed by atoms with van der Waals surface area (Å²) in [4.78, 5) is 16.2. The molecule has 30 heavy (non-hydrogen) atoms. The summed E-state index contributed by atoms with van der Waals surface area (Å²) >= 11 is 0.176. The van der Waals surface area contributed by atoms with Gasteiger partial charge in [0.15, 0.2) is 5.65 Å². The molecular weight excluding hydrogens is 403 g/mol. The highest BCUT2D eigenvalue weighted by molar-refractivity contribution is 7.94. The molecule has 1 atom stereocenters. The molecule has 2 aromatic heterocycles. The number of hydrogen-bond acceptors (Lipinski definition) is 5. The molecule has 1 fully saturated rings. The van der Waals surface area contributed by atoms with Gasteiger partial charge in [0.1, 0.15) is 4.90 Å². The molecule has 1 saturated heterocycles. The lowest BCUT2D eigenvalue weighted by atomic mass is 10.1. The molecule has 1 unspecified atom stereocenters. The van der Waals surface area contributed by atoms with Crippen molar-refractivity contribution in [3.63, 3.8) is 0 Å². The number of rotatable bonds is 5. The number of nitrogens with one attached hydrogen (secondary N) is 1. The molecule has 1 N–H and O–H groups in total. The van der Waals surface area contributed by atoms with E-state index in [1.807, 2.05) is 51.1 Å². The van der Waals surface area contributed by atoms with Crippen LogP contribution in [0.15, 0.2) is 41.4 Å². The van der Waals surface area contributed by atoms with Crippen molar-refractivity contribution in [1.29, 1.82) is 0 Å². The number of amides is 1. The van der Waals surface area contributed by atoms with Crippen LogP contribution in [0.3, 0.4) is 0 Å². The number of benzene rings is 1. The molecule has 4 rings (SSSR count). The largest absolute Gasteiger partial charge is 0.381 e. The smallest absolute Gasteiger partial charge is 0.225 e. The minimum Gasteiger partial charge on any atom is -0.381 e. The van der Waals surface area contributed by atoms with Gasteiger partial charge in [-0.15, -0.1) is 0 Å². The molecule has 1 amide bonds. The normalized spacial score (nSPS) is 15.7. The van der Waals surface area contributed by atoms with Crippen molar-refractivity contribution in [2.45, 2.75) is 38.5 Å². The second kappa shape index (κ2) is 10.5. The number of hydrogen-bond donors (Lipinski definition) is 1. The van der Waals surface area contributed by atoms with E-state index in [2.05, 4.69) is 15.4 Å². The lowest BCUT2D eigenvalue weighted by molar-refractivity contribution is -0.124. The van der Waals surface area contributed by atoms with Crippen LogP contribution in [0.1, 0.15) is 31.0 Å². The first-order valence-electron chi connectivity index (χ1n) is 10.1. The molecule has 160 valence electrons. The Morgan fingerprint density at radius 2 is 2.17 bits per heavy atom. The van der Waals surface area contributed by atoms with Crippen LogP contribution < -0.4 is 5.32 Å². The summed E-state index contributed by atoms with van der Waals surface area (Å²) in [5, 5.41) is 6.99. The van der Waals surface area contributed by atoms with E-state index in [4.69, 9.17) is 4.74 Å². The molecule has 3 heterocycles. The predicted molar refractivity (Wildman–Crippen MR) is 117 cm³/mol. The number of aryl methyl sites for hydroxylation is 2. The maximum absolute atomic E-state index is 12.9. The van der Waals surface area contributed by atoms with Crippen molar-refractivity contribution in [1.82, 2.24) is 19.9 Å². The zero-order valence-corrected chi connectivity index (χ0v) is 18.3. The van der Waals surface area contributed by atoms with E-state index < -0.39 is 0 Å². The quantitative estimate of drug-likeness (QED) is 0.644. The van der Waals surface area contributed by atoms with Crippen LogP contribution >= 0.6 is 12.1 Å². The second-order valence-corrected chi connectivity index (χ2v) is 7.86. The van der Waals surface area contributed by atoms with Crippen LogP contribution in [-0.4, -0.2) is 40.3 Å². The summed E-state index contributed by atoms with van der Waals surface area (Å²) in [6.07, 6.45) is 3.39. The van der Waals surface area contributed by atoms with Crippen molar-refractivity contribution < 1.29 is 13.4 Å². The third-order valence-corrected chi connectivity index (χ3v) is 5.43. The Kier molecular flexibility index (Phi) is 7.81. The molecule has 0 spiro atoms. The Bertz CT molecular complexity index is 1000. The van der Waals surface area contributed by atoms with Gasteiger partial charge in [-0.2, -0.15) is 8.98 Å². The number of nitrogens with zero attached hydrogens (tertiary/aromatic N) is 3. The molecule has 1 aliphatic heterocycles. The highest BCUT2D eigenvalue weighted by Gasteiger charge is 2.22. The van der Waals surface area contributed by atoms with Crippen LogP contribution in [0.2, 0.25) is 0 Å². The Morgan fingerprint density at radius 1 is 1.37 bits per heavy atom. The molecule has 6 nitrogen and oxygen atoms in total. The number of carbonyl (C=O) groups excluding carboxylic acids is 1. The third kappa shape index (κ3) is 5.17. The number of fused-ring (bicyclic) bond motifs is 1. The summed E-state index contributed by atoms with van der Waals surface area (Å²) in [7, 11) is 0. The van der Waals surface area contributed by atoms with Gasteiger partial charge in [-0.25, -0.2) is 9.50 Å². The average molecular weight is 431 g/mol. The minimum atomic E-state index is 0.113. The van der Waals surface area contributed by atoms with Gasteiger partial charge in [0.2, 0.25) is 5.91 Å². The van der Waals surface area contributed by atoms with Gasteiger partial charge in [0, 0.05) is 24.4 Å². The van der Waals surface area contributed by atoms with E-state index in [0.717, 1.165) is 48.5 Å². The monoisotopic (exact) mass is 430 g/mol. The van der Waals surface area contributed by atoms with Gasteiger partial charge in [0.25, 0.3) is 0 Å². The van der Waals surface area contributed by atoms with Crippen molar-refractivity contribution in [3.05, 3.63) is 47.8 Å². The summed E-state index contributed by atoms with van der Waals surface area (Å²) < 4.78 is 19.6. The first-order valence-corrected chi connectivity index (χ1v) is 10.8. The van der Waals surface area contributed by atoms with Crippen LogP contribution in [0.5, 0.6) is 0 Å². The number of aromatic nitrogens is 3. The first-order chi connectivity index (χ1) is 14.5. The fourth-order valence-electron chi connectivity index (χ4n) is 3.28. The average Bonchev–Trinajstić information content (AvgIpc) is 3.43. The van der Waals surface area contributed by atoms with Crippen molar-refractivity contribution in [2.24, 2.45) is 5.92 Å². The standard InChI is InChI=1S/C14H12FN3S.C8H15NO2/c1-9-5-3-4-6-11(9)12-7-10(2)18-14(17-12)13(19-15)8-16-18;1-2-4-9-8(10)7-3-5-11-6-7/h3-8H,1-2H3;7H,2-6H2,1H3,(H,9,10). The topological polar surface area (TPSA) is 68.5 Å². The molecule has 3 aromatic rings. The lowest BCUT2D eigenvalue weighted by Crippen LogP contribution is -2.31. The van der Waals surface area contributed by atoms with Gasteiger partial charge >= 0.3 is 0 Å². The fraction of sp³-hybridized carbons (Fsp3) is 0.409. The summed E-state index contributed by atoms with van der Waals surface area (Å²) in [6.45, 7) is 8.16. The van der Waals surface area contributed by atoms with Crippen LogP contribution in [-0.2, 0) is 9.53 Å².